The van der Waals surface area contributed by atoms with Gasteiger partial charge in [0, 0.05) is 18.8 Å². The topological polar surface area (TPSA) is 47.4 Å². The molecule has 0 N–H and O–H groups in total. The Kier molecular flexibility index (Phi) is 3.94. The number of benzene rings is 1. The van der Waals surface area contributed by atoms with Crippen LogP contribution in [0.1, 0.15) is 24.3 Å². The van der Waals surface area contributed by atoms with Crippen LogP contribution in [0.25, 0.3) is 5.69 Å². The Morgan fingerprint density at radius 2 is 1.86 bits per heavy atom. The van der Waals surface area contributed by atoms with Gasteiger partial charge in [-0.25, -0.2) is 9.37 Å². The fourth-order valence-corrected chi connectivity index (χ4v) is 2.77. The molecule has 5 nitrogen and oxygen atoms in total. The van der Waals surface area contributed by atoms with Crippen molar-refractivity contribution in [2.75, 3.05) is 13.1 Å². The van der Waals surface area contributed by atoms with Gasteiger partial charge in [0.1, 0.15) is 11.5 Å². The summed E-state index contributed by atoms with van der Waals surface area (Å²) in [6.45, 7) is 5.01. The van der Waals surface area contributed by atoms with E-state index in [1.54, 1.807) is 27.9 Å². The van der Waals surface area contributed by atoms with Gasteiger partial charge in [0.05, 0.1) is 24.7 Å². The second-order valence-corrected chi connectivity index (χ2v) is 5.59. The van der Waals surface area contributed by atoms with E-state index in [1.165, 1.54) is 18.3 Å². The van der Waals surface area contributed by atoms with Crippen LogP contribution in [0, 0.1) is 5.82 Å². The molecule has 2 aromatic rings. The van der Waals surface area contributed by atoms with Crippen LogP contribution in [0.5, 0.6) is 0 Å². The quantitative estimate of drug-likeness (QED) is 0.855. The summed E-state index contributed by atoms with van der Waals surface area (Å²) in [5, 5.41) is 0. The summed E-state index contributed by atoms with van der Waals surface area (Å²) in [6.07, 6.45) is 3.12. The Morgan fingerprint density at radius 3 is 2.50 bits per heavy atom. The first-order valence-electron chi connectivity index (χ1n) is 7.27. The van der Waals surface area contributed by atoms with Crippen LogP contribution in [0.15, 0.2) is 36.8 Å². The number of halogens is 1. The predicted octanol–water partition coefficient (Wildman–Crippen LogP) is 2.26. The number of morpholine rings is 1. The molecular weight excluding hydrogens is 285 g/mol. The van der Waals surface area contributed by atoms with E-state index >= 15 is 0 Å². The molecule has 0 bridgehead atoms. The SMILES string of the molecule is C[C@@H]1CN(C(=O)c2cncn2-c2ccc(F)cc2)C[C@@H](C)O1. The molecule has 22 heavy (non-hydrogen) atoms. The van der Waals surface area contributed by atoms with Crippen molar-refractivity contribution in [3.8, 4) is 5.69 Å². The zero-order valence-corrected chi connectivity index (χ0v) is 12.6. The van der Waals surface area contributed by atoms with Gasteiger partial charge in [-0.2, -0.15) is 0 Å². The minimum absolute atomic E-state index is 0.00916. The van der Waals surface area contributed by atoms with Crippen LogP contribution in [0.3, 0.4) is 0 Å². The van der Waals surface area contributed by atoms with Gasteiger partial charge in [-0.05, 0) is 38.1 Å². The summed E-state index contributed by atoms with van der Waals surface area (Å²) in [6, 6.07) is 5.97. The molecule has 1 aliphatic rings. The first-order chi connectivity index (χ1) is 10.5. The fraction of sp³-hybridized carbons (Fsp3) is 0.375. The smallest absolute Gasteiger partial charge is 0.272 e. The molecule has 0 saturated carbocycles. The first-order valence-corrected chi connectivity index (χ1v) is 7.27. The van der Waals surface area contributed by atoms with Gasteiger partial charge < -0.3 is 9.64 Å². The molecule has 1 amide bonds. The van der Waals surface area contributed by atoms with E-state index in [4.69, 9.17) is 4.74 Å². The summed E-state index contributed by atoms with van der Waals surface area (Å²) >= 11 is 0. The maximum atomic E-state index is 13.1. The Bertz CT molecular complexity index is 658. The van der Waals surface area contributed by atoms with Crippen molar-refractivity contribution < 1.29 is 13.9 Å². The van der Waals surface area contributed by atoms with Crippen LogP contribution in [-0.2, 0) is 4.74 Å². The molecule has 1 fully saturated rings. The zero-order chi connectivity index (χ0) is 15.7. The number of aromatic nitrogens is 2. The van der Waals surface area contributed by atoms with Crippen LogP contribution < -0.4 is 0 Å². The van der Waals surface area contributed by atoms with Gasteiger partial charge in [0.25, 0.3) is 5.91 Å². The van der Waals surface area contributed by atoms with Crippen molar-refractivity contribution in [1.82, 2.24) is 14.5 Å². The number of carbonyl (C=O) groups excluding carboxylic acids is 1. The number of nitrogens with zero attached hydrogens (tertiary/aromatic N) is 3. The van der Waals surface area contributed by atoms with Gasteiger partial charge in [-0.3, -0.25) is 9.36 Å². The molecule has 1 aromatic heterocycles. The Labute approximate surface area is 128 Å². The summed E-state index contributed by atoms with van der Waals surface area (Å²) in [5.74, 6) is -0.406. The standard InChI is InChI=1S/C16H18FN3O2/c1-11-8-19(9-12(2)22-11)16(21)15-7-18-10-20(15)14-5-3-13(17)4-6-14/h3-7,10-12H,8-9H2,1-2H3/t11-,12-/m1/s1. The highest BCUT2D eigenvalue weighted by Gasteiger charge is 2.28. The van der Waals surface area contributed by atoms with Crippen molar-refractivity contribution in [1.29, 1.82) is 0 Å². The molecule has 0 spiro atoms. The maximum Gasteiger partial charge on any atom is 0.272 e. The number of rotatable bonds is 2. The van der Waals surface area contributed by atoms with E-state index in [2.05, 4.69) is 4.98 Å². The van der Waals surface area contributed by atoms with Gasteiger partial charge >= 0.3 is 0 Å². The molecule has 0 radical (unpaired) electrons. The predicted molar refractivity (Wildman–Crippen MR) is 79.4 cm³/mol. The lowest BCUT2D eigenvalue weighted by molar-refractivity contribution is -0.0587. The third kappa shape index (κ3) is 2.87. The van der Waals surface area contributed by atoms with Gasteiger partial charge in [0.2, 0.25) is 0 Å². The average Bonchev–Trinajstić information content (AvgIpc) is 2.95. The fourth-order valence-electron chi connectivity index (χ4n) is 2.77. The van der Waals surface area contributed by atoms with E-state index in [9.17, 15) is 9.18 Å². The number of hydrogen-bond acceptors (Lipinski definition) is 3. The van der Waals surface area contributed by atoms with E-state index in [0.29, 0.717) is 24.5 Å². The molecule has 0 aliphatic carbocycles. The highest BCUT2D eigenvalue weighted by Crippen LogP contribution is 2.17. The molecule has 2 heterocycles. The minimum atomic E-state index is -0.312. The highest BCUT2D eigenvalue weighted by molar-refractivity contribution is 5.93. The molecule has 0 unspecified atom stereocenters. The number of amides is 1. The molecule has 6 heteroatoms. The number of carbonyl (C=O) groups is 1. The van der Waals surface area contributed by atoms with Crippen LogP contribution >= 0.6 is 0 Å². The van der Waals surface area contributed by atoms with E-state index in [1.807, 2.05) is 13.8 Å². The number of hydrogen-bond donors (Lipinski definition) is 0. The summed E-state index contributed by atoms with van der Waals surface area (Å²) in [5.41, 5.74) is 1.17. The molecule has 1 saturated heterocycles. The van der Waals surface area contributed by atoms with E-state index in [-0.39, 0.29) is 23.9 Å². The largest absolute Gasteiger partial charge is 0.372 e. The normalized spacial score (nSPS) is 21.9. The van der Waals surface area contributed by atoms with Gasteiger partial charge in [0.15, 0.2) is 0 Å². The van der Waals surface area contributed by atoms with Crippen LogP contribution in [0.4, 0.5) is 4.39 Å². The summed E-state index contributed by atoms with van der Waals surface area (Å²) in [4.78, 5) is 18.6. The second kappa shape index (κ2) is 5.88. The van der Waals surface area contributed by atoms with E-state index in [0.717, 1.165) is 0 Å². The van der Waals surface area contributed by atoms with Crippen molar-refractivity contribution in [2.24, 2.45) is 0 Å². The van der Waals surface area contributed by atoms with Crippen molar-refractivity contribution >= 4 is 5.91 Å². The molecule has 2 atom stereocenters. The third-order valence-corrected chi connectivity index (χ3v) is 3.67. The van der Waals surface area contributed by atoms with Crippen molar-refractivity contribution in [3.05, 3.63) is 48.3 Å². The molecule has 1 aromatic carbocycles. The lowest BCUT2D eigenvalue weighted by atomic mass is 10.2. The Hall–Kier alpha value is -2.21. The minimum Gasteiger partial charge on any atom is -0.372 e. The number of imidazole rings is 1. The zero-order valence-electron chi connectivity index (χ0n) is 12.6. The van der Waals surface area contributed by atoms with Crippen molar-refractivity contribution in [2.45, 2.75) is 26.1 Å². The highest BCUT2D eigenvalue weighted by atomic mass is 19.1. The summed E-state index contributed by atoms with van der Waals surface area (Å²) < 4.78 is 20.4. The molecule has 3 rings (SSSR count). The third-order valence-electron chi connectivity index (χ3n) is 3.67. The van der Waals surface area contributed by atoms with Gasteiger partial charge in [-0.1, -0.05) is 0 Å². The Morgan fingerprint density at radius 1 is 1.23 bits per heavy atom. The lowest BCUT2D eigenvalue weighted by Gasteiger charge is -2.35. The van der Waals surface area contributed by atoms with Crippen molar-refractivity contribution in [3.63, 3.8) is 0 Å². The van der Waals surface area contributed by atoms with E-state index < -0.39 is 0 Å². The Balaban J connectivity index is 1.88. The molecule has 1 aliphatic heterocycles. The van der Waals surface area contributed by atoms with Gasteiger partial charge in [-0.15, -0.1) is 0 Å². The average molecular weight is 303 g/mol. The summed E-state index contributed by atoms with van der Waals surface area (Å²) in [7, 11) is 0. The maximum absolute atomic E-state index is 13.1. The van der Waals surface area contributed by atoms with Crippen LogP contribution in [0.2, 0.25) is 0 Å². The van der Waals surface area contributed by atoms with Crippen LogP contribution in [-0.4, -0.2) is 45.7 Å². The molecule has 116 valence electrons. The number of ether oxygens (including phenoxy) is 1. The monoisotopic (exact) mass is 303 g/mol. The second-order valence-electron chi connectivity index (χ2n) is 5.59. The lowest BCUT2D eigenvalue weighted by Crippen LogP contribution is -2.48. The molecular formula is C16H18FN3O2. The first kappa shape index (κ1) is 14.7.